The minimum Gasteiger partial charge on any atom is -0.495 e. The number of aromatic nitrogens is 3. The molecule has 1 saturated heterocycles. The van der Waals surface area contributed by atoms with Crippen LogP contribution in [0.1, 0.15) is 27.7 Å². The van der Waals surface area contributed by atoms with Crippen molar-refractivity contribution in [2.75, 3.05) is 50.1 Å². The molecule has 35 heavy (non-hydrogen) atoms. The van der Waals surface area contributed by atoms with Crippen LogP contribution in [0.5, 0.6) is 5.75 Å². The Morgan fingerprint density at radius 2 is 1.83 bits per heavy atom. The molecule has 1 aliphatic rings. The normalized spacial score (nSPS) is 14.2. The van der Waals surface area contributed by atoms with Crippen molar-refractivity contribution in [2.24, 2.45) is 0 Å². The lowest BCUT2D eigenvalue weighted by Gasteiger charge is -2.36. The van der Waals surface area contributed by atoms with Crippen molar-refractivity contribution < 1.29 is 14.3 Å². The number of hydrogen-bond donors (Lipinski definition) is 1. The SMILES string of the molecule is CCNc1nc2cc(OC)c(Cl)cc2nc1-c1ccc(N2CCN(C(=O)OC(C)(C)C)CC2)nc1. The van der Waals surface area contributed by atoms with Crippen LogP contribution < -0.4 is 15.0 Å². The average Bonchev–Trinajstić information content (AvgIpc) is 2.83. The zero-order valence-electron chi connectivity index (χ0n) is 20.8. The monoisotopic (exact) mass is 498 g/mol. The number of amides is 1. The predicted molar refractivity (Wildman–Crippen MR) is 139 cm³/mol. The average molecular weight is 499 g/mol. The van der Waals surface area contributed by atoms with Crippen LogP contribution in [0.25, 0.3) is 22.3 Å². The van der Waals surface area contributed by atoms with Gasteiger partial charge in [-0.1, -0.05) is 11.6 Å². The third-order valence-electron chi connectivity index (χ3n) is 5.56. The number of carbonyl (C=O) groups excluding carboxylic acids is 1. The Morgan fingerprint density at radius 1 is 1.11 bits per heavy atom. The first-order chi connectivity index (χ1) is 16.7. The van der Waals surface area contributed by atoms with Gasteiger partial charge in [-0.15, -0.1) is 0 Å². The van der Waals surface area contributed by atoms with Crippen LogP contribution in [0.15, 0.2) is 30.5 Å². The molecule has 1 N–H and O–H groups in total. The molecule has 1 amide bonds. The van der Waals surface area contributed by atoms with Gasteiger partial charge in [0.15, 0.2) is 5.82 Å². The van der Waals surface area contributed by atoms with E-state index in [1.807, 2.05) is 39.8 Å². The highest BCUT2D eigenvalue weighted by Gasteiger charge is 2.26. The maximum Gasteiger partial charge on any atom is 0.410 e. The fourth-order valence-electron chi connectivity index (χ4n) is 3.86. The van der Waals surface area contributed by atoms with Crippen molar-refractivity contribution in [3.05, 3.63) is 35.5 Å². The Labute approximate surface area is 210 Å². The second-order valence-electron chi connectivity index (χ2n) is 9.29. The number of piperazine rings is 1. The molecule has 2 aromatic heterocycles. The van der Waals surface area contributed by atoms with Gasteiger partial charge in [0.25, 0.3) is 0 Å². The first-order valence-corrected chi connectivity index (χ1v) is 12.0. The summed E-state index contributed by atoms with van der Waals surface area (Å²) in [7, 11) is 1.57. The Kier molecular flexibility index (Phi) is 7.16. The molecule has 3 heterocycles. The summed E-state index contributed by atoms with van der Waals surface area (Å²) in [4.78, 5) is 30.5. The topological polar surface area (TPSA) is 92.7 Å². The number of hydrogen-bond acceptors (Lipinski definition) is 8. The number of nitrogens with one attached hydrogen (secondary N) is 1. The number of halogens is 1. The number of fused-ring (bicyclic) bond motifs is 1. The quantitative estimate of drug-likeness (QED) is 0.534. The number of carbonyl (C=O) groups is 1. The summed E-state index contributed by atoms with van der Waals surface area (Å²) < 4.78 is 10.8. The molecule has 0 radical (unpaired) electrons. The molecule has 1 aliphatic heterocycles. The highest BCUT2D eigenvalue weighted by molar-refractivity contribution is 6.32. The smallest absolute Gasteiger partial charge is 0.410 e. The third kappa shape index (κ3) is 5.67. The Morgan fingerprint density at radius 3 is 2.43 bits per heavy atom. The van der Waals surface area contributed by atoms with Gasteiger partial charge in [-0.05, 0) is 45.9 Å². The van der Waals surface area contributed by atoms with E-state index >= 15 is 0 Å². The Bertz CT molecular complexity index is 1200. The lowest BCUT2D eigenvalue weighted by molar-refractivity contribution is 0.0240. The van der Waals surface area contributed by atoms with Crippen molar-refractivity contribution in [3.8, 4) is 17.0 Å². The van der Waals surface area contributed by atoms with Gasteiger partial charge in [-0.3, -0.25) is 0 Å². The summed E-state index contributed by atoms with van der Waals surface area (Å²) >= 11 is 6.31. The fourth-order valence-corrected chi connectivity index (χ4v) is 4.10. The maximum absolute atomic E-state index is 12.3. The molecule has 9 nitrogen and oxygen atoms in total. The number of pyridine rings is 1. The number of ether oxygens (including phenoxy) is 2. The summed E-state index contributed by atoms with van der Waals surface area (Å²) in [5.41, 5.74) is 2.42. The van der Waals surface area contributed by atoms with E-state index in [1.54, 1.807) is 30.3 Å². The largest absolute Gasteiger partial charge is 0.495 e. The minimum absolute atomic E-state index is 0.274. The Hall–Kier alpha value is -3.33. The highest BCUT2D eigenvalue weighted by Crippen LogP contribution is 2.33. The van der Waals surface area contributed by atoms with Gasteiger partial charge >= 0.3 is 6.09 Å². The molecule has 1 fully saturated rings. The van der Waals surface area contributed by atoms with Gasteiger partial charge in [0.1, 0.15) is 22.9 Å². The highest BCUT2D eigenvalue weighted by atomic mass is 35.5. The van der Waals surface area contributed by atoms with Gasteiger partial charge in [-0.2, -0.15) is 0 Å². The molecule has 0 aliphatic carbocycles. The lowest BCUT2D eigenvalue weighted by atomic mass is 10.1. The van der Waals surface area contributed by atoms with Crippen LogP contribution in [0.2, 0.25) is 5.02 Å². The van der Waals surface area contributed by atoms with Gasteiger partial charge in [0.2, 0.25) is 0 Å². The molecule has 186 valence electrons. The molecular weight excluding hydrogens is 468 g/mol. The van der Waals surface area contributed by atoms with E-state index in [0.29, 0.717) is 66.0 Å². The molecule has 4 rings (SSSR count). The number of benzene rings is 1. The fraction of sp³-hybridized carbons (Fsp3) is 0.440. The third-order valence-corrected chi connectivity index (χ3v) is 5.85. The summed E-state index contributed by atoms with van der Waals surface area (Å²) in [5.74, 6) is 2.08. The molecule has 0 unspecified atom stereocenters. The zero-order valence-corrected chi connectivity index (χ0v) is 21.5. The first-order valence-electron chi connectivity index (χ1n) is 11.7. The van der Waals surface area contributed by atoms with Crippen molar-refractivity contribution >= 4 is 40.4 Å². The number of anilines is 2. The van der Waals surface area contributed by atoms with Crippen LogP contribution >= 0.6 is 11.6 Å². The number of rotatable bonds is 5. The van der Waals surface area contributed by atoms with Crippen molar-refractivity contribution in [2.45, 2.75) is 33.3 Å². The zero-order chi connectivity index (χ0) is 25.2. The molecule has 3 aromatic rings. The van der Waals surface area contributed by atoms with E-state index in [4.69, 9.17) is 31.0 Å². The van der Waals surface area contributed by atoms with E-state index in [0.717, 1.165) is 11.4 Å². The molecular formula is C25H31ClN6O3. The first kappa shape index (κ1) is 24.8. The second kappa shape index (κ2) is 10.1. The molecule has 0 bridgehead atoms. The van der Waals surface area contributed by atoms with Crippen LogP contribution in [0.4, 0.5) is 16.4 Å². The summed E-state index contributed by atoms with van der Waals surface area (Å²) in [6.07, 6.45) is 1.53. The number of methoxy groups -OCH3 is 1. The Balaban J connectivity index is 1.53. The van der Waals surface area contributed by atoms with Crippen LogP contribution in [0, 0.1) is 0 Å². The van der Waals surface area contributed by atoms with Crippen LogP contribution in [0.3, 0.4) is 0 Å². The van der Waals surface area contributed by atoms with Gasteiger partial charge in [0, 0.05) is 50.6 Å². The van der Waals surface area contributed by atoms with Gasteiger partial charge < -0.3 is 24.6 Å². The van der Waals surface area contributed by atoms with E-state index in [2.05, 4.69) is 15.2 Å². The standard InChI is InChI=1S/C25H31ClN6O3/c1-6-27-23-22(29-18-13-17(26)20(34-5)14-19(18)30-23)16-7-8-21(28-15-16)31-9-11-32(12-10-31)24(33)35-25(2,3)4/h7-8,13-15H,6,9-12H2,1-5H3,(H,27,30). The minimum atomic E-state index is -0.500. The maximum atomic E-state index is 12.3. The second-order valence-corrected chi connectivity index (χ2v) is 9.69. The van der Waals surface area contributed by atoms with Crippen LogP contribution in [-0.2, 0) is 4.74 Å². The molecule has 0 saturated carbocycles. The van der Waals surface area contributed by atoms with Gasteiger partial charge in [-0.25, -0.2) is 19.7 Å². The summed E-state index contributed by atoms with van der Waals surface area (Å²) in [6.45, 7) is 10.9. The van der Waals surface area contributed by atoms with E-state index in [1.165, 1.54) is 0 Å². The van der Waals surface area contributed by atoms with Crippen molar-refractivity contribution in [3.63, 3.8) is 0 Å². The molecule has 10 heteroatoms. The van der Waals surface area contributed by atoms with E-state index in [9.17, 15) is 4.79 Å². The predicted octanol–water partition coefficient (Wildman–Crippen LogP) is 4.84. The lowest BCUT2D eigenvalue weighted by Crippen LogP contribution is -2.50. The van der Waals surface area contributed by atoms with Crippen molar-refractivity contribution in [1.29, 1.82) is 0 Å². The van der Waals surface area contributed by atoms with Crippen LogP contribution in [-0.4, -0.2) is 71.4 Å². The summed E-state index contributed by atoms with van der Waals surface area (Å²) in [5, 5.41) is 3.78. The number of nitrogens with zero attached hydrogens (tertiary/aromatic N) is 5. The molecule has 0 spiro atoms. The van der Waals surface area contributed by atoms with Crippen molar-refractivity contribution in [1.82, 2.24) is 19.9 Å². The van der Waals surface area contributed by atoms with E-state index < -0.39 is 5.60 Å². The van der Waals surface area contributed by atoms with E-state index in [-0.39, 0.29) is 6.09 Å². The summed E-state index contributed by atoms with van der Waals surface area (Å²) in [6, 6.07) is 7.51. The van der Waals surface area contributed by atoms with Gasteiger partial charge in [0.05, 0.1) is 23.2 Å². The molecule has 1 aromatic carbocycles. The molecule has 0 atom stereocenters.